The molecule has 0 amide bonds. The van der Waals surface area contributed by atoms with Gasteiger partial charge in [-0.2, -0.15) is 0 Å². The van der Waals surface area contributed by atoms with Crippen molar-refractivity contribution in [3.8, 4) is 0 Å². The average molecular weight is 187 g/mol. The second-order valence-electron chi connectivity index (χ2n) is 3.89. The van der Waals surface area contributed by atoms with Crippen LogP contribution >= 0.6 is 0 Å². The van der Waals surface area contributed by atoms with Gasteiger partial charge in [0, 0.05) is 12.6 Å². The van der Waals surface area contributed by atoms with E-state index in [2.05, 4.69) is 26.1 Å². The van der Waals surface area contributed by atoms with E-state index in [0.29, 0.717) is 18.2 Å². The largest absolute Gasteiger partial charge is 0.376 e. The summed E-state index contributed by atoms with van der Waals surface area (Å²) >= 11 is 0. The SMILES string of the molecule is CCC(CNC(C)C)OC1COC1. The molecule has 1 aliphatic heterocycles. The van der Waals surface area contributed by atoms with Crippen molar-refractivity contribution in [1.29, 1.82) is 0 Å². The first-order valence-corrected chi connectivity index (χ1v) is 5.19. The molecule has 13 heavy (non-hydrogen) atoms. The number of ether oxygens (including phenoxy) is 2. The molecule has 0 saturated carbocycles. The van der Waals surface area contributed by atoms with Gasteiger partial charge < -0.3 is 14.8 Å². The Morgan fingerprint density at radius 3 is 2.54 bits per heavy atom. The molecule has 1 rings (SSSR count). The summed E-state index contributed by atoms with van der Waals surface area (Å²) in [6.07, 6.45) is 1.76. The van der Waals surface area contributed by atoms with Crippen molar-refractivity contribution in [2.45, 2.75) is 45.4 Å². The van der Waals surface area contributed by atoms with Crippen LogP contribution in [-0.4, -0.2) is 38.0 Å². The van der Waals surface area contributed by atoms with Gasteiger partial charge in [-0.15, -0.1) is 0 Å². The molecule has 1 atom stereocenters. The molecule has 0 aromatic carbocycles. The maximum atomic E-state index is 5.80. The Hall–Kier alpha value is -0.120. The fourth-order valence-electron chi connectivity index (χ4n) is 1.22. The highest BCUT2D eigenvalue weighted by molar-refractivity contribution is 4.70. The molecule has 1 N–H and O–H groups in total. The lowest BCUT2D eigenvalue weighted by molar-refractivity contribution is -0.154. The predicted octanol–water partition coefficient (Wildman–Crippen LogP) is 1.18. The van der Waals surface area contributed by atoms with Crippen molar-refractivity contribution in [3.05, 3.63) is 0 Å². The van der Waals surface area contributed by atoms with E-state index >= 15 is 0 Å². The molecule has 0 aliphatic carbocycles. The van der Waals surface area contributed by atoms with Gasteiger partial charge in [0.05, 0.1) is 19.3 Å². The molecule has 1 saturated heterocycles. The van der Waals surface area contributed by atoms with Crippen LogP contribution in [0.1, 0.15) is 27.2 Å². The van der Waals surface area contributed by atoms with Gasteiger partial charge in [-0.1, -0.05) is 20.8 Å². The van der Waals surface area contributed by atoms with Crippen LogP contribution in [0.15, 0.2) is 0 Å². The lowest BCUT2D eigenvalue weighted by Crippen LogP contribution is -2.42. The van der Waals surface area contributed by atoms with Gasteiger partial charge in [-0.25, -0.2) is 0 Å². The summed E-state index contributed by atoms with van der Waals surface area (Å²) in [5.41, 5.74) is 0. The minimum absolute atomic E-state index is 0.344. The first-order valence-electron chi connectivity index (χ1n) is 5.19. The monoisotopic (exact) mass is 187 g/mol. The van der Waals surface area contributed by atoms with E-state index in [-0.39, 0.29) is 0 Å². The van der Waals surface area contributed by atoms with Crippen molar-refractivity contribution >= 4 is 0 Å². The molecule has 1 fully saturated rings. The molecule has 1 heterocycles. The lowest BCUT2D eigenvalue weighted by Gasteiger charge is -2.30. The Morgan fingerprint density at radius 2 is 2.15 bits per heavy atom. The molecule has 3 heteroatoms. The molecule has 3 nitrogen and oxygen atoms in total. The zero-order valence-electron chi connectivity index (χ0n) is 8.88. The van der Waals surface area contributed by atoms with Gasteiger partial charge in [-0.05, 0) is 6.42 Å². The number of nitrogens with one attached hydrogen (secondary N) is 1. The van der Waals surface area contributed by atoms with Crippen molar-refractivity contribution in [2.24, 2.45) is 0 Å². The lowest BCUT2D eigenvalue weighted by atomic mass is 10.2. The van der Waals surface area contributed by atoms with E-state index in [9.17, 15) is 0 Å². The fourth-order valence-corrected chi connectivity index (χ4v) is 1.22. The van der Waals surface area contributed by atoms with Gasteiger partial charge >= 0.3 is 0 Å². The van der Waals surface area contributed by atoms with E-state index in [1.54, 1.807) is 0 Å². The third kappa shape index (κ3) is 4.07. The van der Waals surface area contributed by atoms with Gasteiger partial charge in [-0.3, -0.25) is 0 Å². The highest BCUT2D eigenvalue weighted by Crippen LogP contribution is 2.10. The third-order valence-electron chi connectivity index (χ3n) is 2.20. The molecular formula is C10H21NO2. The smallest absolute Gasteiger partial charge is 0.105 e. The van der Waals surface area contributed by atoms with Crippen molar-refractivity contribution < 1.29 is 9.47 Å². The van der Waals surface area contributed by atoms with E-state index in [4.69, 9.17) is 9.47 Å². The second kappa shape index (κ2) is 5.58. The summed E-state index contributed by atoms with van der Waals surface area (Å²) in [7, 11) is 0. The summed E-state index contributed by atoms with van der Waals surface area (Å²) in [4.78, 5) is 0. The topological polar surface area (TPSA) is 30.5 Å². The van der Waals surface area contributed by atoms with Crippen LogP contribution in [-0.2, 0) is 9.47 Å². The average Bonchev–Trinajstić information content (AvgIpc) is 2.01. The summed E-state index contributed by atoms with van der Waals surface area (Å²) in [6, 6.07) is 0.537. The fraction of sp³-hybridized carbons (Fsp3) is 1.00. The third-order valence-corrected chi connectivity index (χ3v) is 2.20. The van der Waals surface area contributed by atoms with E-state index in [1.165, 1.54) is 0 Å². The van der Waals surface area contributed by atoms with Crippen LogP contribution in [0.25, 0.3) is 0 Å². The van der Waals surface area contributed by atoms with Crippen LogP contribution < -0.4 is 5.32 Å². The molecule has 0 aromatic heterocycles. The van der Waals surface area contributed by atoms with Gasteiger partial charge in [0.1, 0.15) is 6.10 Å². The normalized spacial score (nSPS) is 20.3. The Balaban J connectivity index is 2.09. The Bertz CT molecular complexity index is 135. The highest BCUT2D eigenvalue weighted by atomic mass is 16.6. The van der Waals surface area contributed by atoms with Gasteiger partial charge in [0.15, 0.2) is 0 Å². The summed E-state index contributed by atoms with van der Waals surface area (Å²) in [6.45, 7) is 8.96. The zero-order chi connectivity index (χ0) is 9.68. The van der Waals surface area contributed by atoms with Crippen molar-refractivity contribution in [1.82, 2.24) is 5.32 Å². The predicted molar refractivity (Wildman–Crippen MR) is 52.9 cm³/mol. The first kappa shape index (κ1) is 11.0. The molecule has 0 spiro atoms. The van der Waals surface area contributed by atoms with Gasteiger partial charge in [0.2, 0.25) is 0 Å². The van der Waals surface area contributed by atoms with E-state index < -0.39 is 0 Å². The van der Waals surface area contributed by atoms with Crippen molar-refractivity contribution in [2.75, 3.05) is 19.8 Å². The van der Waals surface area contributed by atoms with Crippen molar-refractivity contribution in [3.63, 3.8) is 0 Å². The molecule has 0 bridgehead atoms. The van der Waals surface area contributed by atoms with E-state index in [1.807, 2.05) is 0 Å². The summed E-state index contributed by atoms with van der Waals surface area (Å²) < 4.78 is 10.9. The number of rotatable bonds is 6. The minimum atomic E-state index is 0.344. The maximum Gasteiger partial charge on any atom is 0.105 e. The van der Waals surface area contributed by atoms with Crippen LogP contribution in [0, 0.1) is 0 Å². The molecular weight excluding hydrogens is 166 g/mol. The Labute approximate surface area is 80.8 Å². The number of hydrogen-bond donors (Lipinski definition) is 1. The highest BCUT2D eigenvalue weighted by Gasteiger charge is 2.22. The standard InChI is InChI=1S/C10H21NO2/c1-4-9(5-11-8(2)3)13-10-6-12-7-10/h8-11H,4-7H2,1-3H3. The molecule has 78 valence electrons. The minimum Gasteiger partial charge on any atom is -0.376 e. The van der Waals surface area contributed by atoms with Crippen LogP contribution in [0.3, 0.4) is 0 Å². The Kier molecular flexibility index (Phi) is 4.70. The Morgan fingerprint density at radius 1 is 1.46 bits per heavy atom. The van der Waals surface area contributed by atoms with Crippen LogP contribution in [0.2, 0.25) is 0 Å². The summed E-state index contributed by atoms with van der Waals surface area (Å²) in [5, 5.41) is 3.38. The zero-order valence-corrected chi connectivity index (χ0v) is 8.88. The summed E-state index contributed by atoms with van der Waals surface area (Å²) in [5.74, 6) is 0. The van der Waals surface area contributed by atoms with Crippen LogP contribution in [0.5, 0.6) is 0 Å². The first-order chi connectivity index (χ1) is 6.22. The van der Waals surface area contributed by atoms with Crippen LogP contribution in [0.4, 0.5) is 0 Å². The molecule has 1 aliphatic rings. The molecule has 0 aromatic rings. The molecule has 1 unspecified atom stereocenters. The molecule has 0 radical (unpaired) electrons. The maximum absolute atomic E-state index is 5.80. The quantitative estimate of drug-likeness (QED) is 0.677. The number of hydrogen-bond acceptors (Lipinski definition) is 3. The van der Waals surface area contributed by atoms with Gasteiger partial charge in [0.25, 0.3) is 0 Å². The van der Waals surface area contributed by atoms with E-state index in [0.717, 1.165) is 26.2 Å². The second-order valence-corrected chi connectivity index (χ2v) is 3.89.